The first kappa shape index (κ1) is 20.1. The van der Waals surface area contributed by atoms with Crippen LogP contribution in [0.15, 0.2) is 0 Å². The number of hydrogen-bond acceptors (Lipinski definition) is 8. The van der Waals surface area contributed by atoms with Gasteiger partial charge in [0.15, 0.2) is 0 Å². The average molecular weight is 310 g/mol. The maximum absolute atomic E-state index is 11.7. The topological polar surface area (TPSA) is 81.7 Å². The van der Waals surface area contributed by atoms with Crippen LogP contribution in [0, 0.1) is 0 Å². The summed E-state index contributed by atoms with van der Waals surface area (Å²) in [5.74, 6) is -2.98. The molecule has 0 aromatic carbocycles. The molecule has 0 atom stereocenters. The third kappa shape index (κ3) is 6.15. The van der Waals surface area contributed by atoms with Crippen molar-refractivity contribution in [3.05, 3.63) is 0 Å². The molecule has 0 aromatic heterocycles. The average Bonchev–Trinajstić information content (AvgIpc) is 2.51. The highest BCUT2D eigenvalue weighted by atomic mass is 17.3. The molecular weight excluding hydrogens is 284 g/mol. The van der Waals surface area contributed by atoms with Crippen molar-refractivity contribution in [1.29, 1.82) is 0 Å². The molecule has 0 N–H and O–H groups in total. The predicted octanol–water partition coefficient (Wildman–Crippen LogP) is 2.56. The van der Waals surface area contributed by atoms with E-state index in [4.69, 9.17) is 28.6 Å². The van der Waals surface area contributed by atoms with Crippen LogP contribution in [0.4, 0.5) is 4.79 Å². The Balaban J connectivity index is 4.60. The summed E-state index contributed by atoms with van der Waals surface area (Å²) < 4.78 is 25.3. The maximum Gasteiger partial charge on any atom is 0.545 e. The Bertz CT molecular complexity index is 286. The molecule has 0 fully saturated rings. The quantitative estimate of drug-likeness (QED) is 0.249. The Hall–Kier alpha value is -0.930. The molecule has 8 nitrogen and oxygen atoms in total. The van der Waals surface area contributed by atoms with Gasteiger partial charge in [0.25, 0.3) is 0 Å². The minimum absolute atomic E-state index is 0.337. The fourth-order valence-electron chi connectivity index (χ4n) is 1.67. The van der Waals surface area contributed by atoms with Crippen molar-refractivity contribution in [1.82, 2.24) is 0 Å². The summed E-state index contributed by atoms with van der Waals surface area (Å²) in [6, 6.07) is 0. The van der Waals surface area contributed by atoms with Gasteiger partial charge < -0.3 is 23.7 Å². The molecule has 126 valence electrons. The summed E-state index contributed by atoms with van der Waals surface area (Å²) in [6.07, 6.45) is 0.940. The van der Waals surface area contributed by atoms with Crippen molar-refractivity contribution in [3.8, 4) is 0 Å². The third-order valence-electron chi connectivity index (χ3n) is 2.83. The number of carbonyl (C=O) groups is 1. The second-order valence-corrected chi connectivity index (χ2v) is 4.20. The van der Waals surface area contributed by atoms with Gasteiger partial charge in [-0.3, -0.25) is 4.89 Å². The monoisotopic (exact) mass is 310 g/mol. The van der Waals surface area contributed by atoms with E-state index in [2.05, 4.69) is 4.89 Å². The van der Waals surface area contributed by atoms with Crippen molar-refractivity contribution in [2.45, 2.75) is 51.5 Å². The Morgan fingerprint density at radius 3 is 1.62 bits per heavy atom. The van der Waals surface area contributed by atoms with Gasteiger partial charge in [-0.25, -0.2) is 4.79 Å². The second-order valence-electron chi connectivity index (χ2n) is 4.20. The third-order valence-corrected chi connectivity index (χ3v) is 2.83. The number of rotatable bonds is 11. The van der Waals surface area contributed by atoms with Crippen LogP contribution in [-0.2, 0) is 33.5 Å². The van der Waals surface area contributed by atoms with Gasteiger partial charge in [-0.1, -0.05) is 13.8 Å². The van der Waals surface area contributed by atoms with Crippen molar-refractivity contribution in [3.63, 3.8) is 0 Å². The highest BCUT2D eigenvalue weighted by Gasteiger charge is 2.38. The molecule has 0 saturated carbocycles. The first-order chi connectivity index (χ1) is 9.96. The number of ether oxygens (including phenoxy) is 5. The summed E-state index contributed by atoms with van der Waals surface area (Å²) in [4.78, 5) is 21.2. The first-order valence-corrected chi connectivity index (χ1v) is 6.76. The zero-order valence-electron chi connectivity index (χ0n) is 13.6. The maximum atomic E-state index is 11.7. The van der Waals surface area contributed by atoms with E-state index >= 15 is 0 Å². The highest BCUT2D eigenvalue weighted by Crippen LogP contribution is 2.23. The molecule has 0 amide bonds. The van der Waals surface area contributed by atoms with Crippen molar-refractivity contribution in [2.24, 2.45) is 0 Å². The Morgan fingerprint density at radius 2 is 1.24 bits per heavy atom. The molecule has 0 aromatic rings. The molecule has 8 heteroatoms. The lowest BCUT2D eigenvalue weighted by molar-refractivity contribution is -0.485. The van der Waals surface area contributed by atoms with Crippen LogP contribution in [0.1, 0.15) is 39.5 Å². The highest BCUT2D eigenvalue weighted by molar-refractivity contribution is 5.59. The Morgan fingerprint density at radius 1 is 0.810 bits per heavy atom. The summed E-state index contributed by atoms with van der Waals surface area (Å²) in [7, 11) is 5.47. The Labute approximate surface area is 125 Å². The van der Waals surface area contributed by atoms with Crippen LogP contribution in [0.2, 0.25) is 0 Å². The predicted molar refractivity (Wildman–Crippen MR) is 72.0 cm³/mol. The van der Waals surface area contributed by atoms with E-state index in [1.807, 2.05) is 13.8 Å². The summed E-state index contributed by atoms with van der Waals surface area (Å²) >= 11 is 0. The minimum atomic E-state index is -1.51. The molecule has 0 aliphatic heterocycles. The lowest BCUT2D eigenvalue weighted by Crippen LogP contribution is -2.42. The van der Waals surface area contributed by atoms with Crippen molar-refractivity contribution in [2.75, 3.05) is 28.4 Å². The van der Waals surface area contributed by atoms with Gasteiger partial charge in [0.1, 0.15) is 0 Å². The smallest absolute Gasteiger partial charge is 0.374 e. The van der Waals surface area contributed by atoms with Gasteiger partial charge in [0, 0.05) is 41.3 Å². The van der Waals surface area contributed by atoms with E-state index in [0.29, 0.717) is 25.7 Å². The molecule has 0 radical (unpaired) electrons. The molecule has 0 aliphatic rings. The van der Waals surface area contributed by atoms with Gasteiger partial charge in [-0.2, -0.15) is 0 Å². The van der Waals surface area contributed by atoms with Crippen LogP contribution in [0.5, 0.6) is 0 Å². The summed E-state index contributed by atoms with van der Waals surface area (Å²) in [6.45, 7) is 3.79. The van der Waals surface area contributed by atoms with Crippen LogP contribution in [0.3, 0.4) is 0 Å². The Kier molecular flexibility index (Phi) is 9.47. The second kappa shape index (κ2) is 9.91. The van der Waals surface area contributed by atoms with E-state index in [0.717, 1.165) is 0 Å². The van der Waals surface area contributed by atoms with Gasteiger partial charge in [0.2, 0.25) is 0 Å². The standard InChI is InChI=1S/C13H26O8/c1-7-9-12(15-3,16-4)19-11(14)20-21-13(17-5,18-6)10-8-2/h7-10H2,1-6H3. The van der Waals surface area contributed by atoms with Gasteiger partial charge >= 0.3 is 18.1 Å². The van der Waals surface area contributed by atoms with Crippen molar-refractivity contribution >= 4 is 6.16 Å². The molecule has 0 unspecified atom stereocenters. The molecular formula is C13H26O8. The molecule has 0 spiro atoms. The fourth-order valence-corrected chi connectivity index (χ4v) is 1.67. The van der Waals surface area contributed by atoms with E-state index in [-0.39, 0.29) is 0 Å². The first-order valence-electron chi connectivity index (χ1n) is 6.76. The summed E-state index contributed by atoms with van der Waals surface area (Å²) in [5, 5.41) is 0. The number of carbonyl (C=O) groups excluding carboxylic acids is 1. The minimum Gasteiger partial charge on any atom is -0.374 e. The van der Waals surface area contributed by atoms with Gasteiger partial charge in [-0.15, -0.1) is 4.89 Å². The lowest BCUT2D eigenvalue weighted by Gasteiger charge is -2.30. The molecule has 0 heterocycles. The lowest BCUT2D eigenvalue weighted by atomic mass is 10.3. The van der Waals surface area contributed by atoms with Gasteiger partial charge in [0.05, 0.1) is 0 Å². The number of hydrogen-bond donors (Lipinski definition) is 0. The van der Waals surface area contributed by atoms with Crippen LogP contribution in [0.25, 0.3) is 0 Å². The zero-order valence-corrected chi connectivity index (χ0v) is 13.6. The number of methoxy groups -OCH3 is 4. The summed E-state index contributed by atoms with van der Waals surface area (Å²) in [5.41, 5.74) is 0. The normalized spacial score (nSPS) is 12.3. The van der Waals surface area contributed by atoms with Crippen LogP contribution >= 0.6 is 0 Å². The van der Waals surface area contributed by atoms with Crippen molar-refractivity contribution < 1.29 is 38.3 Å². The van der Waals surface area contributed by atoms with Crippen LogP contribution in [-0.4, -0.2) is 46.5 Å². The van der Waals surface area contributed by atoms with Crippen LogP contribution < -0.4 is 0 Å². The molecule has 21 heavy (non-hydrogen) atoms. The molecule has 0 saturated heterocycles. The molecule has 0 rings (SSSR count). The van der Waals surface area contributed by atoms with E-state index < -0.39 is 18.1 Å². The van der Waals surface area contributed by atoms with E-state index in [1.165, 1.54) is 28.4 Å². The zero-order chi connectivity index (χ0) is 16.4. The largest absolute Gasteiger partial charge is 0.545 e. The van der Waals surface area contributed by atoms with Gasteiger partial charge in [-0.05, 0) is 12.8 Å². The van der Waals surface area contributed by atoms with E-state index in [1.54, 1.807) is 0 Å². The molecule has 0 aliphatic carbocycles. The SMILES string of the molecule is CCCC(OC)(OC)OOC(=O)OC(CCC)(OC)OC. The van der Waals surface area contributed by atoms with E-state index in [9.17, 15) is 4.79 Å². The molecule has 0 bridgehead atoms. The fraction of sp³-hybridized carbons (Fsp3) is 0.923.